The van der Waals surface area contributed by atoms with Crippen molar-refractivity contribution in [2.75, 3.05) is 26.2 Å². The van der Waals surface area contributed by atoms with Gasteiger partial charge in [-0.1, -0.05) is 18.2 Å². The maximum absolute atomic E-state index is 14.4. The third-order valence-electron chi connectivity index (χ3n) is 4.20. The molecule has 26 heavy (non-hydrogen) atoms. The maximum Gasteiger partial charge on any atom is 0.573 e. The molecule has 3 rings (SSSR count). The number of piperazine rings is 1. The summed E-state index contributed by atoms with van der Waals surface area (Å²) in [6.07, 6.45) is -4.78. The molecule has 3 nitrogen and oxygen atoms in total. The van der Waals surface area contributed by atoms with E-state index in [-0.39, 0.29) is 11.3 Å². The zero-order chi connectivity index (χ0) is 18.7. The maximum atomic E-state index is 14.4. The lowest BCUT2D eigenvalue weighted by molar-refractivity contribution is -0.274. The van der Waals surface area contributed by atoms with Gasteiger partial charge in [0.2, 0.25) is 0 Å². The minimum Gasteiger partial charge on any atom is -0.406 e. The van der Waals surface area contributed by atoms with Gasteiger partial charge in [-0.05, 0) is 23.8 Å². The summed E-state index contributed by atoms with van der Waals surface area (Å²) in [7, 11) is 0. The third-order valence-corrected chi connectivity index (χ3v) is 4.20. The molecule has 0 radical (unpaired) electrons. The Hall–Kier alpha value is -2.19. The van der Waals surface area contributed by atoms with Crippen LogP contribution in [0.1, 0.15) is 17.2 Å². The number of hydrogen-bond acceptors (Lipinski definition) is 3. The molecule has 0 amide bonds. The number of nitrogens with zero attached hydrogens (tertiary/aromatic N) is 1. The Balaban J connectivity index is 1.95. The lowest BCUT2D eigenvalue weighted by atomic mass is 9.95. The summed E-state index contributed by atoms with van der Waals surface area (Å²) in [4.78, 5) is 2.01. The highest BCUT2D eigenvalue weighted by atomic mass is 19.4. The molecule has 0 spiro atoms. The van der Waals surface area contributed by atoms with Gasteiger partial charge in [0.15, 0.2) is 0 Å². The average Bonchev–Trinajstić information content (AvgIpc) is 2.58. The molecule has 8 heteroatoms. The van der Waals surface area contributed by atoms with Gasteiger partial charge in [0.1, 0.15) is 17.4 Å². The van der Waals surface area contributed by atoms with E-state index in [1.54, 1.807) is 0 Å². The minimum atomic E-state index is -4.78. The molecule has 2 aromatic carbocycles. The van der Waals surface area contributed by atoms with Crippen molar-refractivity contribution in [2.24, 2.45) is 0 Å². The molecular weight excluding hydrogens is 355 g/mol. The molecule has 2 aromatic rings. The van der Waals surface area contributed by atoms with E-state index in [2.05, 4.69) is 10.1 Å². The quantitative estimate of drug-likeness (QED) is 0.825. The molecule has 0 unspecified atom stereocenters. The van der Waals surface area contributed by atoms with E-state index in [0.29, 0.717) is 31.7 Å². The summed E-state index contributed by atoms with van der Waals surface area (Å²) in [6, 6.07) is 8.15. The highest BCUT2D eigenvalue weighted by molar-refractivity contribution is 5.36. The summed E-state index contributed by atoms with van der Waals surface area (Å²) >= 11 is 0. The van der Waals surface area contributed by atoms with Gasteiger partial charge in [0.25, 0.3) is 0 Å². The second-order valence-corrected chi connectivity index (χ2v) is 5.97. The largest absolute Gasteiger partial charge is 0.573 e. The zero-order valence-corrected chi connectivity index (χ0v) is 13.7. The first kappa shape index (κ1) is 18.6. The summed E-state index contributed by atoms with van der Waals surface area (Å²) in [6.45, 7) is 2.66. The van der Waals surface area contributed by atoms with Crippen molar-refractivity contribution in [2.45, 2.75) is 12.4 Å². The normalized spacial score (nSPS) is 17.1. The third kappa shape index (κ3) is 4.50. The van der Waals surface area contributed by atoms with E-state index in [0.717, 1.165) is 6.07 Å². The molecule has 1 N–H and O–H groups in total. The van der Waals surface area contributed by atoms with Gasteiger partial charge in [-0.25, -0.2) is 8.78 Å². The number of benzene rings is 2. The summed E-state index contributed by atoms with van der Waals surface area (Å²) < 4.78 is 68.5. The predicted molar refractivity (Wildman–Crippen MR) is 85.8 cm³/mol. The Bertz CT molecular complexity index is 742. The second-order valence-electron chi connectivity index (χ2n) is 5.97. The fraction of sp³-hybridized carbons (Fsp3) is 0.333. The molecule has 0 aliphatic carbocycles. The first-order valence-corrected chi connectivity index (χ1v) is 8.09. The van der Waals surface area contributed by atoms with Crippen LogP contribution in [0.5, 0.6) is 5.75 Å². The topological polar surface area (TPSA) is 24.5 Å². The van der Waals surface area contributed by atoms with E-state index < -0.39 is 24.0 Å². The fourth-order valence-electron chi connectivity index (χ4n) is 3.10. The zero-order valence-electron chi connectivity index (χ0n) is 13.7. The van der Waals surface area contributed by atoms with E-state index in [1.165, 1.54) is 36.4 Å². The van der Waals surface area contributed by atoms with Crippen LogP contribution >= 0.6 is 0 Å². The lowest BCUT2D eigenvalue weighted by Crippen LogP contribution is -2.45. The molecule has 0 saturated carbocycles. The van der Waals surface area contributed by atoms with E-state index >= 15 is 0 Å². The summed E-state index contributed by atoms with van der Waals surface area (Å²) in [5, 5.41) is 3.19. The first-order valence-electron chi connectivity index (χ1n) is 8.09. The van der Waals surface area contributed by atoms with Crippen LogP contribution in [0.15, 0.2) is 42.5 Å². The molecule has 140 valence electrons. The smallest absolute Gasteiger partial charge is 0.406 e. The van der Waals surface area contributed by atoms with E-state index in [4.69, 9.17) is 0 Å². The van der Waals surface area contributed by atoms with Crippen molar-refractivity contribution in [1.82, 2.24) is 10.2 Å². The molecule has 1 heterocycles. The monoisotopic (exact) mass is 372 g/mol. The average molecular weight is 372 g/mol. The standard InChI is InChI=1S/C18H17F5N2O/c19-13-3-6-15(16(20)11-13)17(25-9-7-24-8-10-25)12-1-4-14(5-2-12)26-18(21,22)23/h1-6,11,17,24H,7-10H2/t17-/m1/s1. The van der Waals surface area contributed by atoms with Crippen LogP contribution in [-0.2, 0) is 0 Å². The van der Waals surface area contributed by atoms with Crippen molar-refractivity contribution in [1.29, 1.82) is 0 Å². The van der Waals surface area contributed by atoms with Crippen molar-refractivity contribution in [3.05, 3.63) is 65.2 Å². The van der Waals surface area contributed by atoms with Crippen LogP contribution in [0.25, 0.3) is 0 Å². The molecule has 0 aromatic heterocycles. The lowest BCUT2D eigenvalue weighted by Gasteiger charge is -2.35. The fourth-order valence-corrected chi connectivity index (χ4v) is 3.10. The molecule has 1 fully saturated rings. The van der Waals surface area contributed by atoms with Crippen molar-refractivity contribution in [3.63, 3.8) is 0 Å². The van der Waals surface area contributed by atoms with E-state index in [1.807, 2.05) is 4.90 Å². The highest BCUT2D eigenvalue weighted by Gasteiger charge is 2.31. The van der Waals surface area contributed by atoms with Gasteiger partial charge >= 0.3 is 6.36 Å². The first-order chi connectivity index (χ1) is 12.3. The number of nitrogens with one attached hydrogen (secondary N) is 1. The Morgan fingerprint density at radius 3 is 2.19 bits per heavy atom. The Kier molecular flexibility index (Phi) is 5.43. The SMILES string of the molecule is Fc1ccc([C@@H](c2ccc(OC(F)(F)F)cc2)N2CCNCC2)c(F)c1. The number of alkyl halides is 3. The van der Waals surface area contributed by atoms with Crippen LogP contribution in [0.2, 0.25) is 0 Å². The Morgan fingerprint density at radius 1 is 0.962 bits per heavy atom. The number of ether oxygens (including phenoxy) is 1. The minimum absolute atomic E-state index is 0.276. The van der Waals surface area contributed by atoms with Crippen molar-refractivity contribution in [3.8, 4) is 5.75 Å². The van der Waals surface area contributed by atoms with Crippen LogP contribution in [0.3, 0.4) is 0 Å². The number of hydrogen-bond donors (Lipinski definition) is 1. The van der Waals surface area contributed by atoms with Gasteiger partial charge in [-0.2, -0.15) is 0 Å². The van der Waals surface area contributed by atoms with Crippen LogP contribution in [-0.4, -0.2) is 37.4 Å². The van der Waals surface area contributed by atoms with Crippen molar-refractivity contribution >= 4 is 0 Å². The molecule has 1 aliphatic heterocycles. The van der Waals surface area contributed by atoms with Crippen LogP contribution < -0.4 is 10.1 Å². The van der Waals surface area contributed by atoms with E-state index in [9.17, 15) is 22.0 Å². The molecule has 1 aliphatic rings. The summed E-state index contributed by atoms with van der Waals surface area (Å²) in [5.41, 5.74) is 0.879. The number of halogens is 5. The Morgan fingerprint density at radius 2 is 1.62 bits per heavy atom. The summed E-state index contributed by atoms with van der Waals surface area (Å²) in [5.74, 6) is -1.72. The van der Waals surface area contributed by atoms with Gasteiger partial charge < -0.3 is 10.1 Å². The molecule has 0 bridgehead atoms. The van der Waals surface area contributed by atoms with Gasteiger partial charge in [0, 0.05) is 37.8 Å². The molecule has 1 saturated heterocycles. The molecular formula is C18H17F5N2O. The van der Waals surface area contributed by atoms with Gasteiger partial charge in [-0.15, -0.1) is 13.2 Å². The molecule has 1 atom stereocenters. The van der Waals surface area contributed by atoms with Gasteiger partial charge in [-0.3, -0.25) is 4.90 Å². The Labute approximate surface area is 147 Å². The second kappa shape index (κ2) is 7.59. The van der Waals surface area contributed by atoms with Crippen LogP contribution in [0.4, 0.5) is 22.0 Å². The van der Waals surface area contributed by atoms with Crippen molar-refractivity contribution < 1.29 is 26.7 Å². The highest BCUT2D eigenvalue weighted by Crippen LogP contribution is 2.33. The van der Waals surface area contributed by atoms with Crippen LogP contribution in [0, 0.1) is 11.6 Å². The van der Waals surface area contributed by atoms with Gasteiger partial charge in [0.05, 0.1) is 6.04 Å². The number of rotatable bonds is 4. The predicted octanol–water partition coefficient (Wildman–Crippen LogP) is 3.86.